The van der Waals surface area contributed by atoms with Crippen LogP contribution in [0.15, 0.2) is 12.3 Å². The van der Waals surface area contributed by atoms with Crippen LogP contribution in [0.3, 0.4) is 0 Å². The maximum atomic E-state index is 13.2. The predicted octanol–water partition coefficient (Wildman–Crippen LogP) is 1.72. The molecule has 2 fully saturated rings. The summed E-state index contributed by atoms with van der Waals surface area (Å²) in [5.74, 6) is -0.854. The second kappa shape index (κ2) is 10.7. The summed E-state index contributed by atoms with van der Waals surface area (Å²) in [7, 11) is 0. The molecule has 2 saturated heterocycles. The molecule has 1 aromatic heterocycles. The highest BCUT2D eigenvalue weighted by Gasteiger charge is 2.42. The molecule has 0 saturated carbocycles. The zero-order chi connectivity index (χ0) is 24.9. The van der Waals surface area contributed by atoms with Crippen molar-refractivity contribution >= 4 is 17.7 Å². The number of hydrogen-bond donors (Lipinski definition) is 2. The number of halogens is 3. The number of amides is 3. The summed E-state index contributed by atoms with van der Waals surface area (Å²) in [6.45, 7) is 4.69. The van der Waals surface area contributed by atoms with E-state index in [4.69, 9.17) is 4.74 Å². The Labute approximate surface area is 196 Å². The third kappa shape index (κ3) is 6.49. The molecule has 0 unspecified atom stereocenters. The lowest BCUT2D eigenvalue weighted by molar-refractivity contribution is -0.143. The Kier molecular flexibility index (Phi) is 8.21. The van der Waals surface area contributed by atoms with Crippen LogP contribution in [0.5, 0.6) is 0 Å². The summed E-state index contributed by atoms with van der Waals surface area (Å²) in [4.78, 5) is 39.9. The predicted molar refractivity (Wildman–Crippen MR) is 115 cm³/mol. The molecule has 9 nitrogen and oxygen atoms in total. The molecule has 34 heavy (non-hydrogen) atoms. The highest BCUT2D eigenvalue weighted by Crippen LogP contribution is 2.37. The number of carbonyl (C=O) groups is 3. The van der Waals surface area contributed by atoms with Gasteiger partial charge in [0.25, 0.3) is 0 Å². The zero-order valence-corrected chi connectivity index (χ0v) is 19.5. The molecule has 3 rings (SSSR count). The van der Waals surface area contributed by atoms with Crippen LogP contribution in [0.25, 0.3) is 0 Å². The molecular weight excluding hydrogens is 455 g/mol. The molecule has 3 heterocycles. The van der Waals surface area contributed by atoms with Gasteiger partial charge < -0.3 is 20.3 Å². The van der Waals surface area contributed by atoms with Crippen molar-refractivity contribution in [2.45, 2.75) is 70.8 Å². The second-order valence-electron chi connectivity index (χ2n) is 9.19. The Morgan fingerprint density at radius 1 is 1.18 bits per heavy atom. The highest BCUT2D eigenvalue weighted by atomic mass is 19.4. The fraction of sp³-hybridized carbons (Fsp3) is 0.727. The minimum Gasteiger partial charge on any atom is -0.379 e. The van der Waals surface area contributed by atoms with Crippen molar-refractivity contribution in [1.82, 2.24) is 25.3 Å². The van der Waals surface area contributed by atoms with Gasteiger partial charge in [-0.2, -0.15) is 18.3 Å². The molecule has 0 bridgehead atoms. The third-order valence-electron chi connectivity index (χ3n) is 6.47. The van der Waals surface area contributed by atoms with Crippen LogP contribution in [-0.4, -0.2) is 70.8 Å². The first kappa shape index (κ1) is 26.0. The van der Waals surface area contributed by atoms with Gasteiger partial charge >= 0.3 is 6.18 Å². The number of piperidine rings is 1. The molecule has 190 valence electrons. The monoisotopic (exact) mass is 487 g/mol. The number of nitrogens with one attached hydrogen (secondary N) is 2. The first-order valence-electron chi connectivity index (χ1n) is 11.6. The SMILES string of the molecule is C[C@@H]1NC(=O)C2(CCCCOC[C@H](C)NC1=O)CCN(C(=O)Cn1ccc(C(F)(F)F)n1)CC2. The van der Waals surface area contributed by atoms with E-state index in [1.54, 1.807) is 11.8 Å². The van der Waals surface area contributed by atoms with Crippen molar-refractivity contribution in [1.29, 1.82) is 0 Å². The van der Waals surface area contributed by atoms with E-state index in [0.29, 0.717) is 45.6 Å². The molecule has 12 heteroatoms. The number of alkyl halides is 3. The van der Waals surface area contributed by atoms with Gasteiger partial charge in [-0.1, -0.05) is 6.42 Å². The van der Waals surface area contributed by atoms with Crippen LogP contribution in [-0.2, 0) is 31.8 Å². The van der Waals surface area contributed by atoms with Gasteiger partial charge in [0.2, 0.25) is 17.7 Å². The summed E-state index contributed by atoms with van der Waals surface area (Å²) in [6.07, 6.45) is -0.491. The van der Waals surface area contributed by atoms with Crippen molar-refractivity contribution in [3.63, 3.8) is 0 Å². The molecule has 2 aliphatic rings. The van der Waals surface area contributed by atoms with Gasteiger partial charge in [0.15, 0.2) is 5.69 Å². The molecule has 0 aromatic carbocycles. The number of carbonyl (C=O) groups excluding carboxylic acids is 3. The van der Waals surface area contributed by atoms with Crippen molar-refractivity contribution in [2.24, 2.45) is 5.41 Å². The number of hydrogen-bond acceptors (Lipinski definition) is 5. The summed E-state index contributed by atoms with van der Waals surface area (Å²) in [5, 5.41) is 9.09. The van der Waals surface area contributed by atoms with E-state index >= 15 is 0 Å². The molecule has 0 aliphatic carbocycles. The van der Waals surface area contributed by atoms with Gasteiger partial charge in [-0.05, 0) is 45.6 Å². The van der Waals surface area contributed by atoms with E-state index in [0.717, 1.165) is 29.8 Å². The van der Waals surface area contributed by atoms with Crippen LogP contribution in [0, 0.1) is 5.41 Å². The van der Waals surface area contributed by atoms with Crippen molar-refractivity contribution in [3.8, 4) is 0 Å². The maximum absolute atomic E-state index is 13.2. The molecule has 1 aromatic rings. The van der Waals surface area contributed by atoms with Gasteiger partial charge in [0.05, 0.1) is 12.0 Å². The minimum absolute atomic E-state index is 0.169. The first-order chi connectivity index (χ1) is 16.0. The van der Waals surface area contributed by atoms with Crippen molar-refractivity contribution in [2.75, 3.05) is 26.3 Å². The maximum Gasteiger partial charge on any atom is 0.435 e. The van der Waals surface area contributed by atoms with Crippen LogP contribution in [0.1, 0.15) is 51.6 Å². The molecule has 3 amide bonds. The fourth-order valence-electron chi connectivity index (χ4n) is 4.37. The lowest BCUT2D eigenvalue weighted by Crippen LogP contribution is -2.55. The van der Waals surface area contributed by atoms with Crippen molar-refractivity contribution in [3.05, 3.63) is 18.0 Å². The Bertz CT molecular complexity index is 880. The Morgan fingerprint density at radius 3 is 2.53 bits per heavy atom. The van der Waals surface area contributed by atoms with Gasteiger partial charge in [-0.25, -0.2) is 0 Å². The molecular formula is C22H32F3N5O4. The number of likely N-dealkylation sites (tertiary alicyclic amines) is 1. The Morgan fingerprint density at radius 2 is 1.88 bits per heavy atom. The summed E-state index contributed by atoms with van der Waals surface area (Å²) >= 11 is 0. The zero-order valence-electron chi connectivity index (χ0n) is 19.5. The molecule has 0 radical (unpaired) electrons. The van der Waals surface area contributed by atoms with E-state index in [1.165, 1.54) is 0 Å². The largest absolute Gasteiger partial charge is 0.435 e. The van der Waals surface area contributed by atoms with E-state index in [2.05, 4.69) is 15.7 Å². The van der Waals surface area contributed by atoms with Crippen LogP contribution in [0.2, 0.25) is 0 Å². The summed E-state index contributed by atoms with van der Waals surface area (Å²) < 4.78 is 44.8. The van der Waals surface area contributed by atoms with Crippen LogP contribution in [0.4, 0.5) is 13.2 Å². The van der Waals surface area contributed by atoms with Gasteiger partial charge in [-0.15, -0.1) is 0 Å². The van der Waals surface area contributed by atoms with Crippen molar-refractivity contribution < 1.29 is 32.3 Å². The molecule has 2 atom stereocenters. The smallest absolute Gasteiger partial charge is 0.379 e. The number of rotatable bonds is 2. The molecule has 1 spiro atoms. The first-order valence-corrected chi connectivity index (χ1v) is 11.6. The quantitative estimate of drug-likeness (QED) is 0.661. The number of ether oxygens (including phenoxy) is 1. The summed E-state index contributed by atoms with van der Waals surface area (Å²) in [5.41, 5.74) is -1.77. The molecule has 2 aliphatic heterocycles. The van der Waals surface area contributed by atoms with Gasteiger partial charge in [0.1, 0.15) is 12.6 Å². The van der Waals surface area contributed by atoms with E-state index in [1.807, 2.05) is 6.92 Å². The summed E-state index contributed by atoms with van der Waals surface area (Å²) in [6, 6.07) is -0.0507. The normalized spacial score (nSPS) is 25.0. The highest BCUT2D eigenvalue weighted by molar-refractivity contribution is 5.90. The van der Waals surface area contributed by atoms with Gasteiger partial charge in [0, 0.05) is 31.9 Å². The minimum atomic E-state index is -4.57. The average Bonchev–Trinajstić information content (AvgIpc) is 3.25. The standard InChI is InChI=1S/C22H32F3N5O4/c1-15-14-34-12-4-3-6-21(20(33)27-16(2)19(32)26-15)7-10-29(11-8-21)18(31)13-30-9-5-17(28-30)22(23,24)25/h5,9,15-16H,3-4,6-8,10-14H2,1-2H3,(H,26,32)(H,27,33)/t15-,16-/m0/s1. The Hall–Kier alpha value is -2.63. The van der Waals surface area contributed by atoms with E-state index < -0.39 is 23.3 Å². The van der Waals surface area contributed by atoms with E-state index in [-0.39, 0.29) is 30.3 Å². The fourth-order valence-corrected chi connectivity index (χ4v) is 4.37. The lowest BCUT2D eigenvalue weighted by atomic mass is 9.73. The number of nitrogens with zero attached hydrogens (tertiary/aromatic N) is 3. The lowest BCUT2D eigenvalue weighted by Gasteiger charge is -2.41. The van der Waals surface area contributed by atoms with E-state index in [9.17, 15) is 27.6 Å². The topological polar surface area (TPSA) is 106 Å². The third-order valence-corrected chi connectivity index (χ3v) is 6.47. The molecule has 2 N–H and O–H groups in total. The van der Waals surface area contributed by atoms with Crippen LogP contribution >= 0.6 is 0 Å². The number of aromatic nitrogens is 2. The Balaban J connectivity index is 1.63. The van der Waals surface area contributed by atoms with Crippen LogP contribution < -0.4 is 10.6 Å². The average molecular weight is 488 g/mol. The second-order valence-corrected chi connectivity index (χ2v) is 9.19. The van der Waals surface area contributed by atoms with Gasteiger partial charge in [-0.3, -0.25) is 19.1 Å².